The van der Waals surface area contributed by atoms with Gasteiger partial charge in [-0.15, -0.1) is 11.3 Å². The lowest BCUT2D eigenvalue weighted by Crippen LogP contribution is -2.35. The summed E-state index contributed by atoms with van der Waals surface area (Å²) < 4.78 is 0. The number of aryl methyl sites for hydroxylation is 1. The summed E-state index contributed by atoms with van der Waals surface area (Å²) in [5, 5.41) is 3.09. The smallest absolute Gasteiger partial charge is 0.225 e. The molecule has 1 aliphatic carbocycles. The van der Waals surface area contributed by atoms with Crippen molar-refractivity contribution < 1.29 is 4.79 Å². The zero-order chi connectivity index (χ0) is 10.8. The van der Waals surface area contributed by atoms with E-state index >= 15 is 0 Å². The molecule has 1 aromatic rings. The first-order valence-corrected chi connectivity index (χ1v) is 6.21. The van der Waals surface area contributed by atoms with Crippen LogP contribution in [0.5, 0.6) is 0 Å². The first-order chi connectivity index (χ1) is 7.16. The van der Waals surface area contributed by atoms with E-state index < -0.39 is 0 Å². The van der Waals surface area contributed by atoms with Gasteiger partial charge in [0.25, 0.3) is 0 Å². The first-order valence-electron chi connectivity index (χ1n) is 5.33. The molecule has 0 saturated heterocycles. The van der Waals surface area contributed by atoms with Crippen molar-refractivity contribution in [3.8, 4) is 0 Å². The van der Waals surface area contributed by atoms with Gasteiger partial charge >= 0.3 is 0 Å². The Balaban J connectivity index is 1.91. The fourth-order valence-electron chi connectivity index (χ4n) is 1.77. The topological polar surface area (TPSA) is 33.2 Å². The van der Waals surface area contributed by atoms with Gasteiger partial charge in [-0.3, -0.25) is 4.79 Å². The van der Waals surface area contributed by atoms with Crippen molar-refractivity contribution in [2.45, 2.75) is 32.7 Å². The highest BCUT2D eigenvalue weighted by molar-refractivity contribution is 7.09. The van der Waals surface area contributed by atoms with E-state index in [0.717, 1.165) is 23.5 Å². The van der Waals surface area contributed by atoms with E-state index in [2.05, 4.69) is 4.98 Å². The minimum absolute atomic E-state index is 0.284. The molecule has 1 aromatic heterocycles. The Kier molecular flexibility index (Phi) is 3.05. The van der Waals surface area contributed by atoms with Gasteiger partial charge < -0.3 is 4.90 Å². The van der Waals surface area contributed by atoms with E-state index in [0.29, 0.717) is 6.54 Å². The first kappa shape index (κ1) is 10.6. The zero-order valence-electron chi connectivity index (χ0n) is 9.19. The van der Waals surface area contributed by atoms with Crippen molar-refractivity contribution in [1.82, 2.24) is 9.88 Å². The summed E-state index contributed by atoms with van der Waals surface area (Å²) in [4.78, 5) is 18.0. The molecule has 15 heavy (non-hydrogen) atoms. The molecule has 1 saturated carbocycles. The highest BCUT2D eigenvalue weighted by atomic mass is 32.1. The second-order valence-electron chi connectivity index (χ2n) is 4.18. The van der Waals surface area contributed by atoms with Gasteiger partial charge in [-0.1, -0.05) is 6.42 Å². The second-order valence-corrected chi connectivity index (χ2v) is 5.24. The molecule has 1 fully saturated rings. The van der Waals surface area contributed by atoms with Crippen molar-refractivity contribution in [3.05, 3.63) is 16.1 Å². The monoisotopic (exact) mass is 224 g/mol. The molecule has 0 atom stereocenters. The minimum atomic E-state index is 0.284. The molecule has 1 heterocycles. The van der Waals surface area contributed by atoms with Crippen molar-refractivity contribution in [3.63, 3.8) is 0 Å². The number of nitrogens with zero attached hydrogens (tertiary/aromatic N) is 2. The standard InChI is InChI=1S/C11H16N2OS/c1-8-12-10(7-15-8)6-13(2)11(14)9-4-3-5-9/h7,9H,3-6H2,1-2H3. The Labute approximate surface area is 94.1 Å². The molecular formula is C11H16N2OS. The molecule has 0 unspecified atom stereocenters. The second kappa shape index (κ2) is 4.31. The Bertz CT molecular complexity index is 357. The van der Waals surface area contributed by atoms with Gasteiger partial charge in [0.15, 0.2) is 0 Å². The molecular weight excluding hydrogens is 208 g/mol. The molecule has 0 N–H and O–H groups in total. The Morgan fingerprint density at radius 3 is 2.87 bits per heavy atom. The minimum Gasteiger partial charge on any atom is -0.340 e. The maximum Gasteiger partial charge on any atom is 0.225 e. The van der Waals surface area contributed by atoms with Crippen LogP contribution in [0, 0.1) is 12.8 Å². The summed E-state index contributed by atoms with van der Waals surface area (Å²) in [5.41, 5.74) is 1.01. The van der Waals surface area contributed by atoms with Crippen LogP contribution in [0.2, 0.25) is 0 Å². The van der Waals surface area contributed by atoms with E-state index in [1.807, 2.05) is 19.4 Å². The summed E-state index contributed by atoms with van der Waals surface area (Å²) in [6.07, 6.45) is 3.35. The third-order valence-electron chi connectivity index (χ3n) is 2.90. The largest absolute Gasteiger partial charge is 0.340 e. The fraction of sp³-hybridized carbons (Fsp3) is 0.636. The molecule has 3 nitrogen and oxygen atoms in total. The Morgan fingerprint density at radius 2 is 2.40 bits per heavy atom. The highest BCUT2D eigenvalue weighted by Crippen LogP contribution is 2.28. The normalized spacial score (nSPS) is 16.1. The number of carbonyl (C=O) groups excluding carboxylic acids is 1. The average molecular weight is 224 g/mol. The Hall–Kier alpha value is -0.900. The number of hydrogen-bond donors (Lipinski definition) is 0. The number of hydrogen-bond acceptors (Lipinski definition) is 3. The Morgan fingerprint density at radius 1 is 1.67 bits per heavy atom. The SMILES string of the molecule is Cc1nc(CN(C)C(=O)C2CCC2)cs1. The predicted molar refractivity (Wildman–Crippen MR) is 60.7 cm³/mol. The summed E-state index contributed by atoms with van der Waals surface area (Å²) >= 11 is 1.64. The maximum atomic E-state index is 11.8. The molecule has 1 amide bonds. The van der Waals surface area contributed by atoms with Gasteiger partial charge in [-0.2, -0.15) is 0 Å². The van der Waals surface area contributed by atoms with Crippen LogP contribution in [-0.4, -0.2) is 22.8 Å². The van der Waals surface area contributed by atoms with Crippen LogP contribution in [0.4, 0.5) is 0 Å². The van der Waals surface area contributed by atoms with Crippen LogP contribution in [0.25, 0.3) is 0 Å². The van der Waals surface area contributed by atoms with Crippen molar-refractivity contribution in [2.75, 3.05) is 7.05 Å². The van der Waals surface area contributed by atoms with Crippen LogP contribution < -0.4 is 0 Å². The summed E-state index contributed by atoms with van der Waals surface area (Å²) in [7, 11) is 1.87. The highest BCUT2D eigenvalue weighted by Gasteiger charge is 2.27. The molecule has 0 aromatic carbocycles. The lowest BCUT2D eigenvalue weighted by Gasteiger charge is -2.28. The number of amides is 1. The van der Waals surface area contributed by atoms with Crippen molar-refractivity contribution in [1.29, 1.82) is 0 Å². The number of carbonyl (C=O) groups is 1. The lowest BCUT2D eigenvalue weighted by molar-refractivity contribution is -0.137. The number of rotatable bonds is 3. The molecule has 0 aliphatic heterocycles. The van der Waals surface area contributed by atoms with E-state index in [1.165, 1.54) is 6.42 Å². The van der Waals surface area contributed by atoms with Gasteiger partial charge in [0.2, 0.25) is 5.91 Å². The molecule has 2 rings (SSSR count). The third-order valence-corrected chi connectivity index (χ3v) is 3.72. The molecule has 0 radical (unpaired) electrons. The molecule has 0 spiro atoms. The predicted octanol–water partition coefficient (Wildman–Crippen LogP) is 2.21. The van der Waals surface area contributed by atoms with E-state index in [4.69, 9.17) is 0 Å². The van der Waals surface area contributed by atoms with Crippen molar-refractivity contribution >= 4 is 17.2 Å². The lowest BCUT2D eigenvalue weighted by atomic mass is 9.84. The molecule has 4 heteroatoms. The molecule has 0 bridgehead atoms. The van der Waals surface area contributed by atoms with Gasteiger partial charge in [-0.25, -0.2) is 4.98 Å². The van der Waals surface area contributed by atoms with Crippen LogP contribution in [-0.2, 0) is 11.3 Å². The third kappa shape index (κ3) is 2.37. The van der Waals surface area contributed by atoms with Crippen LogP contribution in [0.1, 0.15) is 30.0 Å². The summed E-state index contributed by atoms with van der Waals surface area (Å²) in [6, 6.07) is 0. The van der Waals surface area contributed by atoms with Gasteiger partial charge in [0.05, 0.1) is 17.2 Å². The van der Waals surface area contributed by atoms with Gasteiger partial charge in [0.1, 0.15) is 0 Å². The quantitative estimate of drug-likeness (QED) is 0.788. The van der Waals surface area contributed by atoms with E-state index in [-0.39, 0.29) is 11.8 Å². The summed E-state index contributed by atoms with van der Waals surface area (Å²) in [6.45, 7) is 2.64. The number of thiazole rings is 1. The fourth-order valence-corrected chi connectivity index (χ4v) is 2.37. The summed E-state index contributed by atoms with van der Waals surface area (Å²) in [5.74, 6) is 0.571. The van der Waals surface area contributed by atoms with E-state index in [9.17, 15) is 4.79 Å². The molecule has 1 aliphatic rings. The van der Waals surface area contributed by atoms with Crippen LogP contribution in [0.3, 0.4) is 0 Å². The number of aromatic nitrogens is 1. The van der Waals surface area contributed by atoms with Crippen LogP contribution >= 0.6 is 11.3 Å². The average Bonchev–Trinajstić information content (AvgIpc) is 2.48. The van der Waals surface area contributed by atoms with Crippen molar-refractivity contribution in [2.24, 2.45) is 5.92 Å². The van der Waals surface area contributed by atoms with Gasteiger partial charge in [0, 0.05) is 18.3 Å². The van der Waals surface area contributed by atoms with E-state index in [1.54, 1.807) is 16.2 Å². The van der Waals surface area contributed by atoms with Crippen LogP contribution in [0.15, 0.2) is 5.38 Å². The van der Waals surface area contributed by atoms with Gasteiger partial charge in [-0.05, 0) is 19.8 Å². The molecule has 82 valence electrons. The zero-order valence-corrected chi connectivity index (χ0v) is 10.0. The maximum absolute atomic E-state index is 11.8.